The molecule has 0 N–H and O–H groups in total. The van der Waals surface area contributed by atoms with Crippen LogP contribution < -0.4 is 0 Å². The van der Waals surface area contributed by atoms with Crippen molar-refractivity contribution in [2.24, 2.45) is 0 Å². The lowest BCUT2D eigenvalue weighted by Crippen LogP contribution is -2.11. The van der Waals surface area contributed by atoms with Gasteiger partial charge in [-0.05, 0) is 65.6 Å². The second kappa shape index (κ2) is 7.55. The molecule has 2 aromatic carbocycles. The Labute approximate surface area is 171 Å². The lowest BCUT2D eigenvalue weighted by atomic mass is 9.87. The number of halogens is 1. The van der Waals surface area contributed by atoms with E-state index in [1.54, 1.807) is 0 Å². The Hall–Kier alpha value is -2.81. The Kier molecular flexibility index (Phi) is 5.08. The number of aryl methyl sites for hydroxylation is 1. The molecule has 3 heteroatoms. The molecule has 0 radical (unpaired) electrons. The zero-order chi connectivity index (χ0) is 20.6. The minimum atomic E-state index is -0.353. The fraction of sp³-hybridized carbons (Fsp3) is 0.308. The molecule has 29 heavy (non-hydrogen) atoms. The Bertz CT molecular complexity index is 1170. The number of nitrogens with zero attached hydrogens (tertiary/aromatic N) is 2. The van der Waals surface area contributed by atoms with Crippen LogP contribution in [0, 0.1) is 5.95 Å². The average molecular weight is 387 g/mol. The van der Waals surface area contributed by atoms with E-state index in [0.29, 0.717) is 11.1 Å². The summed E-state index contributed by atoms with van der Waals surface area (Å²) in [5, 5.41) is 2.16. The molecular weight excluding hydrogens is 359 g/mol. The highest BCUT2D eigenvalue weighted by molar-refractivity contribution is 5.80. The zero-order valence-corrected chi connectivity index (χ0v) is 17.5. The summed E-state index contributed by atoms with van der Waals surface area (Å²) < 4.78 is 14.5. The van der Waals surface area contributed by atoms with Gasteiger partial charge in [-0.15, -0.1) is 0 Å². The van der Waals surface area contributed by atoms with Crippen molar-refractivity contribution in [3.05, 3.63) is 83.4 Å². The van der Waals surface area contributed by atoms with Gasteiger partial charge in [0.25, 0.3) is 0 Å². The molecule has 2 nitrogen and oxygen atoms in total. The van der Waals surface area contributed by atoms with Gasteiger partial charge in [0.05, 0.1) is 11.0 Å². The maximum Gasteiger partial charge on any atom is 0.216 e. The Morgan fingerprint density at radius 1 is 0.931 bits per heavy atom. The van der Waals surface area contributed by atoms with Crippen LogP contribution >= 0.6 is 0 Å². The van der Waals surface area contributed by atoms with E-state index in [9.17, 15) is 4.39 Å². The molecule has 0 saturated carbocycles. The van der Waals surface area contributed by atoms with E-state index >= 15 is 0 Å². The van der Waals surface area contributed by atoms with Gasteiger partial charge in [-0.25, -0.2) is 4.98 Å². The van der Waals surface area contributed by atoms with E-state index in [2.05, 4.69) is 61.9 Å². The van der Waals surface area contributed by atoms with Gasteiger partial charge in [0.2, 0.25) is 5.95 Å². The molecule has 2 heterocycles. The van der Waals surface area contributed by atoms with Crippen molar-refractivity contribution >= 4 is 21.8 Å². The molecule has 0 saturated heterocycles. The maximum atomic E-state index is 14.5. The average Bonchev–Trinajstić information content (AvgIpc) is 2.70. The van der Waals surface area contributed by atoms with Crippen molar-refractivity contribution in [2.75, 3.05) is 0 Å². The number of para-hydroxylation sites is 1. The van der Waals surface area contributed by atoms with Gasteiger partial charge >= 0.3 is 0 Å². The van der Waals surface area contributed by atoms with Gasteiger partial charge in [0.15, 0.2) is 0 Å². The Morgan fingerprint density at radius 3 is 2.52 bits per heavy atom. The number of pyridine rings is 2. The van der Waals surface area contributed by atoms with Crippen molar-refractivity contribution in [1.82, 2.24) is 9.97 Å². The summed E-state index contributed by atoms with van der Waals surface area (Å²) in [6.07, 6.45) is 3.73. The van der Waals surface area contributed by atoms with Crippen LogP contribution in [-0.4, -0.2) is 9.97 Å². The standard InChI is InChI=1S/C26H27FN2/c1-17(22-15-19-7-5-6-8-24(19)29-25(22)27)9-10-18-11-12-23-20(13-18)14-21(16-28-23)26(2,3)4/h5-8,11-17H,9-10H2,1-4H3. The molecule has 0 spiro atoms. The molecule has 0 aliphatic heterocycles. The maximum absolute atomic E-state index is 14.5. The number of aromatic nitrogens is 2. The summed E-state index contributed by atoms with van der Waals surface area (Å²) in [5.74, 6) is -0.254. The summed E-state index contributed by atoms with van der Waals surface area (Å²) in [6.45, 7) is 8.68. The van der Waals surface area contributed by atoms with Gasteiger partial charge in [-0.2, -0.15) is 4.39 Å². The van der Waals surface area contributed by atoms with Crippen LogP contribution in [0.4, 0.5) is 4.39 Å². The van der Waals surface area contributed by atoms with Crippen LogP contribution in [0.3, 0.4) is 0 Å². The summed E-state index contributed by atoms with van der Waals surface area (Å²) in [5.41, 5.74) is 4.98. The first-order chi connectivity index (χ1) is 13.8. The zero-order valence-electron chi connectivity index (χ0n) is 17.5. The van der Waals surface area contributed by atoms with Crippen LogP contribution in [0.2, 0.25) is 0 Å². The highest BCUT2D eigenvalue weighted by atomic mass is 19.1. The monoisotopic (exact) mass is 386 g/mol. The molecule has 1 unspecified atom stereocenters. The number of rotatable bonds is 4. The van der Waals surface area contributed by atoms with Crippen LogP contribution in [0.1, 0.15) is 56.7 Å². The first-order valence-electron chi connectivity index (χ1n) is 10.3. The quantitative estimate of drug-likeness (QED) is 0.354. The molecule has 4 aromatic rings. The highest BCUT2D eigenvalue weighted by Gasteiger charge is 2.16. The predicted molar refractivity (Wildman–Crippen MR) is 119 cm³/mol. The van der Waals surface area contributed by atoms with Crippen molar-refractivity contribution in [3.8, 4) is 0 Å². The van der Waals surface area contributed by atoms with Crippen LogP contribution in [0.5, 0.6) is 0 Å². The third-order valence-corrected chi connectivity index (χ3v) is 5.71. The molecule has 2 aromatic heterocycles. The molecule has 0 fully saturated rings. The van der Waals surface area contributed by atoms with Gasteiger partial charge in [0, 0.05) is 22.5 Å². The number of benzene rings is 2. The van der Waals surface area contributed by atoms with Crippen LogP contribution in [-0.2, 0) is 11.8 Å². The molecule has 1 atom stereocenters. The van der Waals surface area contributed by atoms with Crippen LogP contribution in [0.15, 0.2) is 60.8 Å². The fourth-order valence-electron chi connectivity index (χ4n) is 3.74. The Balaban J connectivity index is 1.55. The van der Waals surface area contributed by atoms with E-state index in [0.717, 1.165) is 23.7 Å². The molecule has 4 rings (SSSR count). The van der Waals surface area contributed by atoms with E-state index in [1.807, 2.05) is 36.5 Å². The van der Waals surface area contributed by atoms with Gasteiger partial charge in [-0.3, -0.25) is 4.98 Å². The van der Waals surface area contributed by atoms with E-state index in [-0.39, 0.29) is 17.3 Å². The first kappa shape index (κ1) is 19.5. The largest absolute Gasteiger partial charge is 0.256 e. The van der Waals surface area contributed by atoms with E-state index < -0.39 is 0 Å². The lowest BCUT2D eigenvalue weighted by Gasteiger charge is -2.19. The highest BCUT2D eigenvalue weighted by Crippen LogP contribution is 2.28. The van der Waals surface area contributed by atoms with Gasteiger partial charge in [-0.1, -0.05) is 52.0 Å². The summed E-state index contributed by atoms with van der Waals surface area (Å²) in [7, 11) is 0. The van der Waals surface area contributed by atoms with Crippen molar-refractivity contribution in [3.63, 3.8) is 0 Å². The summed E-state index contributed by atoms with van der Waals surface area (Å²) in [6, 6.07) is 18.3. The molecule has 0 amide bonds. The van der Waals surface area contributed by atoms with Crippen molar-refractivity contribution in [1.29, 1.82) is 0 Å². The minimum absolute atomic E-state index is 0.0757. The topological polar surface area (TPSA) is 25.8 Å². The number of fused-ring (bicyclic) bond motifs is 2. The van der Waals surface area contributed by atoms with Crippen molar-refractivity contribution in [2.45, 2.75) is 51.9 Å². The predicted octanol–water partition coefficient (Wildman–Crippen LogP) is 6.96. The summed E-state index contributed by atoms with van der Waals surface area (Å²) in [4.78, 5) is 8.76. The minimum Gasteiger partial charge on any atom is -0.256 e. The normalized spacial score (nSPS) is 13.1. The molecule has 148 valence electrons. The van der Waals surface area contributed by atoms with Gasteiger partial charge < -0.3 is 0 Å². The number of hydrogen-bond donors (Lipinski definition) is 0. The lowest BCUT2D eigenvalue weighted by molar-refractivity contribution is 0.544. The van der Waals surface area contributed by atoms with E-state index in [4.69, 9.17) is 0 Å². The van der Waals surface area contributed by atoms with E-state index in [1.165, 1.54) is 16.5 Å². The number of hydrogen-bond acceptors (Lipinski definition) is 2. The third kappa shape index (κ3) is 4.14. The van der Waals surface area contributed by atoms with Crippen LogP contribution in [0.25, 0.3) is 21.8 Å². The van der Waals surface area contributed by atoms with Crippen molar-refractivity contribution < 1.29 is 4.39 Å². The summed E-state index contributed by atoms with van der Waals surface area (Å²) >= 11 is 0. The molecule has 0 aliphatic rings. The SMILES string of the molecule is CC(CCc1ccc2ncc(C(C)(C)C)cc2c1)c1cc2ccccc2nc1F. The molecule has 0 aliphatic carbocycles. The molecule has 0 bridgehead atoms. The molecular formula is C26H27FN2. The second-order valence-electron chi connectivity index (χ2n) is 9.00. The smallest absolute Gasteiger partial charge is 0.216 e. The second-order valence-corrected chi connectivity index (χ2v) is 9.00. The Morgan fingerprint density at radius 2 is 1.72 bits per heavy atom. The first-order valence-corrected chi connectivity index (χ1v) is 10.3. The fourth-order valence-corrected chi connectivity index (χ4v) is 3.74. The van der Waals surface area contributed by atoms with Gasteiger partial charge in [0.1, 0.15) is 0 Å². The third-order valence-electron chi connectivity index (χ3n) is 5.71.